The smallest absolute Gasteiger partial charge is 0.106 e. The van der Waals surface area contributed by atoms with Gasteiger partial charge in [0.25, 0.3) is 0 Å². The molecule has 0 heterocycles. The fraction of sp³-hybridized carbons (Fsp3) is 0.941. The van der Waals surface area contributed by atoms with E-state index < -0.39 is 5.54 Å². The zero-order valence-corrected chi connectivity index (χ0v) is 14.1. The average Bonchev–Trinajstić information content (AvgIpc) is 2.25. The molecule has 0 saturated heterocycles. The van der Waals surface area contributed by atoms with Gasteiger partial charge in [0, 0.05) is 19.1 Å². The summed E-state index contributed by atoms with van der Waals surface area (Å²) in [6, 6.07) is 2.69. The van der Waals surface area contributed by atoms with Gasteiger partial charge in [-0.3, -0.25) is 5.32 Å². The molecule has 0 aliphatic heterocycles. The van der Waals surface area contributed by atoms with Crippen molar-refractivity contribution in [2.24, 2.45) is 11.3 Å². The number of nitriles is 1. The van der Waals surface area contributed by atoms with Crippen molar-refractivity contribution in [1.82, 2.24) is 5.32 Å². The lowest BCUT2D eigenvalue weighted by Gasteiger charge is -2.39. The van der Waals surface area contributed by atoms with Crippen molar-refractivity contribution in [3.63, 3.8) is 0 Å². The first kappa shape index (κ1) is 17.5. The Morgan fingerprint density at radius 1 is 1.40 bits per heavy atom. The summed E-state index contributed by atoms with van der Waals surface area (Å²) in [5.41, 5.74) is -0.0962. The van der Waals surface area contributed by atoms with Crippen LogP contribution >= 0.6 is 0 Å². The molecule has 1 N–H and O–H groups in total. The lowest BCUT2D eigenvalue weighted by Crippen LogP contribution is -2.46. The number of hydrogen-bond donors (Lipinski definition) is 1. The first-order chi connectivity index (χ1) is 9.16. The Morgan fingerprint density at radius 2 is 2.05 bits per heavy atom. The highest BCUT2D eigenvalue weighted by atomic mass is 16.5. The molecule has 3 heteroatoms. The van der Waals surface area contributed by atoms with E-state index in [1.165, 1.54) is 6.42 Å². The maximum absolute atomic E-state index is 9.33. The number of hydrogen-bond acceptors (Lipinski definition) is 3. The van der Waals surface area contributed by atoms with Gasteiger partial charge in [-0.15, -0.1) is 0 Å². The lowest BCUT2D eigenvalue weighted by atomic mass is 9.71. The van der Waals surface area contributed by atoms with Crippen molar-refractivity contribution in [2.45, 2.75) is 84.9 Å². The molecule has 0 aromatic carbocycles. The third kappa shape index (κ3) is 5.81. The Balaban J connectivity index is 2.41. The summed E-state index contributed by atoms with van der Waals surface area (Å²) in [4.78, 5) is 0. The molecule has 3 nitrogen and oxygen atoms in total. The third-order valence-electron chi connectivity index (χ3n) is 4.16. The highest BCUT2D eigenvalue weighted by Gasteiger charge is 2.33. The summed E-state index contributed by atoms with van der Waals surface area (Å²) < 4.78 is 6.08. The summed E-state index contributed by atoms with van der Waals surface area (Å²) >= 11 is 0. The molecule has 1 saturated carbocycles. The number of nitrogens with zero attached hydrogens (tertiary/aromatic N) is 1. The SMILES string of the molecule is CC1CC(OCCC(C)(C#N)NC(C)C)CC(C)(C)C1. The van der Waals surface area contributed by atoms with Crippen molar-refractivity contribution >= 4 is 0 Å². The van der Waals surface area contributed by atoms with Crippen LogP contribution in [0.1, 0.15) is 67.2 Å². The molecule has 20 heavy (non-hydrogen) atoms. The monoisotopic (exact) mass is 280 g/mol. The molecule has 0 amide bonds. The van der Waals surface area contributed by atoms with E-state index in [1.54, 1.807) is 0 Å². The van der Waals surface area contributed by atoms with Crippen LogP contribution in [0, 0.1) is 22.7 Å². The average molecular weight is 280 g/mol. The first-order valence-corrected chi connectivity index (χ1v) is 7.96. The van der Waals surface area contributed by atoms with Gasteiger partial charge in [-0.1, -0.05) is 20.8 Å². The van der Waals surface area contributed by atoms with E-state index >= 15 is 0 Å². The van der Waals surface area contributed by atoms with Gasteiger partial charge in [-0.2, -0.15) is 5.26 Å². The van der Waals surface area contributed by atoms with E-state index in [0.29, 0.717) is 24.2 Å². The van der Waals surface area contributed by atoms with Gasteiger partial charge in [-0.25, -0.2) is 0 Å². The van der Waals surface area contributed by atoms with Crippen LogP contribution in [0.5, 0.6) is 0 Å². The molecular formula is C17H32N2O. The predicted octanol–water partition coefficient (Wildman–Crippen LogP) is 3.89. The van der Waals surface area contributed by atoms with Gasteiger partial charge in [0.05, 0.1) is 12.2 Å². The van der Waals surface area contributed by atoms with Crippen molar-refractivity contribution in [3.05, 3.63) is 0 Å². The Kier molecular flexibility index (Phi) is 6.04. The summed E-state index contributed by atoms with van der Waals surface area (Å²) in [5, 5.41) is 12.7. The van der Waals surface area contributed by atoms with Crippen LogP contribution in [0.3, 0.4) is 0 Å². The number of ether oxygens (including phenoxy) is 1. The molecule has 1 aliphatic rings. The van der Waals surface area contributed by atoms with Crippen LogP contribution in [0.2, 0.25) is 0 Å². The molecule has 0 radical (unpaired) electrons. The Hall–Kier alpha value is -0.590. The van der Waals surface area contributed by atoms with Crippen molar-refractivity contribution in [1.29, 1.82) is 5.26 Å². The molecule has 0 aromatic heterocycles. The minimum Gasteiger partial charge on any atom is -0.378 e. The van der Waals surface area contributed by atoms with E-state index in [-0.39, 0.29) is 0 Å². The second-order valence-corrected chi connectivity index (χ2v) is 7.90. The Labute approximate surface area is 125 Å². The molecular weight excluding hydrogens is 248 g/mol. The predicted molar refractivity (Wildman–Crippen MR) is 83.4 cm³/mol. The number of rotatable bonds is 6. The molecule has 3 unspecified atom stereocenters. The van der Waals surface area contributed by atoms with Gasteiger partial charge in [-0.05, 0) is 51.4 Å². The third-order valence-corrected chi connectivity index (χ3v) is 4.16. The maximum Gasteiger partial charge on any atom is 0.106 e. The normalized spacial score (nSPS) is 28.9. The van der Waals surface area contributed by atoms with E-state index in [0.717, 1.165) is 25.2 Å². The van der Waals surface area contributed by atoms with E-state index in [9.17, 15) is 5.26 Å². The van der Waals surface area contributed by atoms with Crippen molar-refractivity contribution < 1.29 is 4.74 Å². The van der Waals surface area contributed by atoms with Gasteiger partial charge in [0.2, 0.25) is 0 Å². The molecule has 0 aromatic rings. The van der Waals surface area contributed by atoms with Crippen LogP contribution in [0.25, 0.3) is 0 Å². The maximum atomic E-state index is 9.33. The minimum atomic E-state index is -0.482. The van der Waals surface area contributed by atoms with E-state index in [4.69, 9.17) is 4.74 Å². The molecule has 1 rings (SSSR count). The van der Waals surface area contributed by atoms with Crippen molar-refractivity contribution in [2.75, 3.05) is 6.61 Å². The molecule has 116 valence electrons. The molecule has 1 aliphatic carbocycles. The summed E-state index contributed by atoms with van der Waals surface area (Å²) in [6.07, 6.45) is 4.68. The van der Waals surface area contributed by atoms with Gasteiger partial charge in [0.1, 0.15) is 5.54 Å². The Bertz CT molecular complexity index is 345. The molecule has 1 fully saturated rings. The topological polar surface area (TPSA) is 45.0 Å². The highest BCUT2D eigenvalue weighted by molar-refractivity contribution is 5.04. The standard InChI is InChI=1S/C17H32N2O/c1-13(2)19-17(6,12-18)7-8-20-15-9-14(3)10-16(4,5)11-15/h13-15,19H,7-11H2,1-6H3. The highest BCUT2D eigenvalue weighted by Crippen LogP contribution is 2.39. The van der Waals surface area contributed by atoms with Crippen LogP contribution in [0.4, 0.5) is 0 Å². The van der Waals surface area contributed by atoms with Crippen LogP contribution in [0.15, 0.2) is 0 Å². The van der Waals surface area contributed by atoms with E-state index in [2.05, 4.69) is 46.0 Å². The summed E-state index contributed by atoms with van der Waals surface area (Å²) in [6.45, 7) is 13.7. The van der Waals surface area contributed by atoms with Gasteiger partial charge in [0.15, 0.2) is 0 Å². The Morgan fingerprint density at radius 3 is 2.55 bits per heavy atom. The van der Waals surface area contributed by atoms with Crippen molar-refractivity contribution in [3.8, 4) is 6.07 Å². The quantitative estimate of drug-likeness (QED) is 0.803. The largest absolute Gasteiger partial charge is 0.378 e. The molecule has 0 spiro atoms. The fourth-order valence-corrected chi connectivity index (χ4v) is 3.61. The lowest BCUT2D eigenvalue weighted by molar-refractivity contribution is -0.0274. The zero-order valence-electron chi connectivity index (χ0n) is 14.1. The van der Waals surface area contributed by atoms with Gasteiger partial charge < -0.3 is 4.74 Å². The minimum absolute atomic E-state index is 0.313. The van der Waals surface area contributed by atoms with Gasteiger partial charge >= 0.3 is 0 Å². The van der Waals surface area contributed by atoms with Crippen LogP contribution in [-0.4, -0.2) is 24.3 Å². The number of nitrogens with one attached hydrogen (secondary N) is 1. The van der Waals surface area contributed by atoms with Crippen LogP contribution in [-0.2, 0) is 4.74 Å². The molecule has 3 atom stereocenters. The second-order valence-electron chi connectivity index (χ2n) is 7.90. The second kappa shape index (κ2) is 6.91. The summed E-state index contributed by atoms with van der Waals surface area (Å²) in [7, 11) is 0. The van der Waals surface area contributed by atoms with Crippen LogP contribution < -0.4 is 5.32 Å². The fourth-order valence-electron chi connectivity index (χ4n) is 3.61. The summed E-state index contributed by atoms with van der Waals surface area (Å²) in [5.74, 6) is 0.736. The first-order valence-electron chi connectivity index (χ1n) is 7.96. The van der Waals surface area contributed by atoms with E-state index in [1.807, 2.05) is 6.92 Å². The zero-order chi connectivity index (χ0) is 15.4. The molecule has 0 bridgehead atoms.